The number of rotatable bonds is 5. The second kappa shape index (κ2) is 8.25. The van der Waals surface area contributed by atoms with Crippen LogP contribution in [0.2, 0.25) is 0 Å². The molecule has 7 nitrogen and oxygen atoms in total. The van der Waals surface area contributed by atoms with E-state index < -0.39 is 11.8 Å². The molecule has 0 aliphatic rings. The van der Waals surface area contributed by atoms with Gasteiger partial charge in [-0.25, -0.2) is 5.43 Å². The van der Waals surface area contributed by atoms with Crippen LogP contribution in [0, 0.1) is 0 Å². The van der Waals surface area contributed by atoms with E-state index in [0.29, 0.717) is 28.1 Å². The van der Waals surface area contributed by atoms with Gasteiger partial charge in [0.2, 0.25) is 0 Å². The molecule has 0 radical (unpaired) electrons. The number of hydrogen-bond acceptors (Lipinski definition) is 5. The van der Waals surface area contributed by atoms with Crippen LogP contribution in [0.15, 0.2) is 21.7 Å². The van der Waals surface area contributed by atoms with Crippen LogP contribution >= 0.6 is 15.9 Å². The van der Waals surface area contributed by atoms with E-state index >= 15 is 0 Å². The summed E-state index contributed by atoms with van der Waals surface area (Å²) >= 11 is 3.38. The number of hydrogen-bond donors (Lipinski definition) is 2. The fourth-order valence-electron chi connectivity index (χ4n) is 1.43. The number of ether oxygens (including phenoxy) is 2. The van der Waals surface area contributed by atoms with E-state index in [-0.39, 0.29) is 0 Å². The second-order valence-electron chi connectivity index (χ2n) is 3.75. The van der Waals surface area contributed by atoms with Gasteiger partial charge in [-0.3, -0.25) is 9.59 Å². The number of carbonyl (C=O) groups is 2. The number of benzene rings is 1. The van der Waals surface area contributed by atoms with Crippen LogP contribution in [0.1, 0.15) is 12.5 Å². The highest BCUT2D eigenvalue weighted by Crippen LogP contribution is 2.36. The lowest BCUT2D eigenvalue weighted by Crippen LogP contribution is -2.35. The molecule has 114 valence electrons. The number of amides is 2. The number of hydrazone groups is 1. The molecule has 0 aliphatic carbocycles. The maximum atomic E-state index is 11.2. The quantitative estimate of drug-likeness (QED) is 0.468. The molecule has 0 saturated heterocycles. The van der Waals surface area contributed by atoms with E-state index in [1.807, 2.05) is 6.92 Å². The zero-order valence-corrected chi connectivity index (χ0v) is 13.5. The Balaban J connectivity index is 2.87. The summed E-state index contributed by atoms with van der Waals surface area (Å²) in [4.78, 5) is 22.2. The number of nitrogens with zero attached hydrogens (tertiary/aromatic N) is 1. The lowest BCUT2D eigenvalue weighted by Gasteiger charge is -2.11. The van der Waals surface area contributed by atoms with Crippen molar-refractivity contribution in [3.63, 3.8) is 0 Å². The van der Waals surface area contributed by atoms with Crippen LogP contribution in [0.25, 0.3) is 0 Å². The van der Waals surface area contributed by atoms with Crippen LogP contribution in [-0.4, -0.2) is 38.8 Å². The molecule has 0 spiro atoms. The molecule has 0 heterocycles. The van der Waals surface area contributed by atoms with Crippen molar-refractivity contribution in [2.75, 3.05) is 20.8 Å². The molecular formula is C13H16BrN3O4. The molecule has 0 aromatic heterocycles. The van der Waals surface area contributed by atoms with Crippen molar-refractivity contribution < 1.29 is 19.1 Å². The lowest BCUT2D eigenvalue weighted by molar-refractivity contribution is -0.138. The average Bonchev–Trinajstić information content (AvgIpc) is 2.48. The van der Waals surface area contributed by atoms with Crippen LogP contribution in [-0.2, 0) is 9.59 Å². The van der Waals surface area contributed by atoms with Gasteiger partial charge in [-0.05, 0) is 40.5 Å². The molecule has 0 bridgehead atoms. The summed E-state index contributed by atoms with van der Waals surface area (Å²) in [6.07, 6.45) is 1.39. The Labute approximate surface area is 130 Å². The average molecular weight is 358 g/mol. The maximum absolute atomic E-state index is 11.2. The Bertz CT molecular complexity index is 561. The van der Waals surface area contributed by atoms with Crippen molar-refractivity contribution in [2.24, 2.45) is 5.10 Å². The third-order valence-corrected chi connectivity index (χ3v) is 2.94. The van der Waals surface area contributed by atoms with Gasteiger partial charge >= 0.3 is 11.8 Å². The van der Waals surface area contributed by atoms with Gasteiger partial charge in [-0.2, -0.15) is 5.10 Å². The van der Waals surface area contributed by atoms with Crippen molar-refractivity contribution in [1.82, 2.24) is 10.7 Å². The molecule has 21 heavy (non-hydrogen) atoms. The molecule has 2 N–H and O–H groups in total. The van der Waals surface area contributed by atoms with Crippen molar-refractivity contribution in [1.29, 1.82) is 0 Å². The molecule has 1 aromatic carbocycles. The summed E-state index contributed by atoms with van der Waals surface area (Å²) in [5.74, 6) is -0.486. The number of halogens is 1. The number of methoxy groups -OCH3 is 1. The predicted molar refractivity (Wildman–Crippen MR) is 81.7 cm³/mol. The number of likely N-dealkylation sites (N-methyl/N-ethyl adjacent to an activating group) is 1. The van der Waals surface area contributed by atoms with Crippen LogP contribution in [0.3, 0.4) is 0 Å². The molecule has 2 amide bonds. The third kappa shape index (κ3) is 4.75. The van der Waals surface area contributed by atoms with E-state index in [1.54, 1.807) is 12.1 Å². The smallest absolute Gasteiger partial charge is 0.329 e. The van der Waals surface area contributed by atoms with Crippen LogP contribution in [0.5, 0.6) is 11.5 Å². The van der Waals surface area contributed by atoms with E-state index in [4.69, 9.17) is 9.47 Å². The Morgan fingerprint density at radius 3 is 2.67 bits per heavy atom. The molecule has 0 saturated carbocycles. The minimum absolute atomic E-state index is 0.505. The fraction of sp³-hybridized carbons (Fsp3) is 0.308. The van der Waals surface area contributed by atoms with Crippen molar-refractivity contribution >= 4 is 34.0 Å². The van der Waals surface area contributed by atoms with Gasteiger partial charge in [-0.1, -0.05) is 0 Å². The van der Waals surface area contributed by atoms with Crippen LogP contribution < -0.4 is 20.2 Å². The summed E-state index contributed by atoms with van der Waals surface area (Å²) in [5.41, 5.74) is 2.78. The molecular weight excluding hydrogens is 342 g/mol. The first kappa shape index (κ1) is 17.0. The van der Waals surface area contributed by atoms with Crippen molar-refractivity contribution in [2.45, 2.75) is 6.92 Å². The van der Waals surface area contributed by atoms with E-state index in [1.165, 1.54) is 20.4 Å². The van der Waals surface area contributed by atoms with E-state index in [9.17, 15) is 9.59 Å². The van der Waals surface area contributed by atoms with Gasteiger partial charge in [0.25, 0.3) is 0 Å². The fourth-order valence-corrected chi connectivity index (χ4v) is 2.00. The largest absolute Gasteiger partial charge is 0.493 e. The first-order chi connectivity index (χ1) is 10.0. The topological polar surface area (TPSA) is 89.0 Å². The van der Waals surface area contributed by atoms with Gasteiger partial charge < -0.3 is 14.8 Å². The normalized spacial score (nSPS) is 10.3. The zero-order chi connectivity index (χ0) is 15.8. The standard InChI is InChI=1S/C13H16BrN3O4/c1-4-21-11-9(14)5-8(6-10(11)20-3)7-16-17-13(19)12(18)15-2/h5-7H,4H2,1-3H3,(H,15,18)(H,17,19)/b16-7-. The van der Waals surface area contributed by atoms with Crippen LogP contribution in [0.4, 0.5) is 0 Å². The first-order valence-electron chi connectivity index (χ1n) is 6.08. The summed E-state index contributed by atoms with van der Waals surface area (Å²) in [6, 6.07) is 3.45. The second-order valence-corrected chi connectivity index (χ2v) is 4.60. The Morgan fingerprint density at radius 1 is 1.38 bits per heavy atom. The highest BCUT2D eigenvalue weighted by atomic mass is 79.9. The summed E-state index contributed by atoms with van der Waals surface area (Å²) in [7, 11) is 2.89. The monoisotopic (exact) mass is 357 g/mol. The predicted octanol–water partition coefficient (Wildman–Crippen LogP) is 1.05. The summed E-state index contributed by atoms with van der Waals surface area (Å²) in [6.45, 7) is 2.38. The maximum Gasteiger partial charge on any atom is 0.329 e. The summed E-state index contributed by atoms with van der Waals surface area (Å²) in [5, 5.41) is 5.89. The Hall–Kier alpha value is -2.09. The number of nitrogens with one attached hydrogen (secondary N) is 2. The zero-order valence-electron chi connectivity index (χ0n) is 11.9. The van der Waals surface area contributed by atoms with E-state index in [2.05, 4.69) is 31.8 Å². The molecule has 0 atom stereocenters. The molecule has 0 fully saturated rings. The van der Waals surface area contributed by atoms with Gasteiger partial charge in [0.05, 0.1) is 24.4 Å². The Kier molecular flexibility index (Phi) is 6.67. The highest BCUT2D eigenvalue weighted by molar-refractivity contribution is 9.10. The first-order valence-corrected chi connectivity index (χ1v) is 6.88. The van der Waals surface area contributed by atoms with Crippen molar-refractivity contribution in [3.05, 3.63) is 22.2 Å². The lowest BCUT2D eigenvalue weighted by atomic mass is 10.2. The SMILES string of the molecule is CCOc1c(Br)cc(/C=N\NC(=O)C(=O)NC)cc1OC. The van der Waals surface area contributed by atoms with Gasteiger partial charge in [-0.15, -0.1) is 0 Å². The van der Waals surface area contributed by atoms with Gasteiger partial charge in [0, 0.05) is 7.05 Å². The van der Waals surface area contributed by atoms with Gasteiger partial charge in [0.1, 0.15) is 0 Å². The molecule has 0 unspecified atom stereocenters. The highest BCUT2D eigenvalue weighted by Gasteiger charge is 2.11. The molecule has 1 aromatic rings. The molecule has 8 heteroatoms. The van der Waals surface area contributed by atoms with E-state index in [0.717, 1.165) is 0 Å². The minimum atomic E-state index is -0.842. The summed E-state index contributed by atoms with van der Waals surface area (Å²) < 4.78 is 11.4. The number of carbonyl (C=O) groups excluding carboxylic acids is 2. The molecule has 1 rings (SSSR count). The minimum Gasteiger partial charge on any atom is -0.493 e. The molecule has 0 aliphatic heterocycles. The van der Waals surface area contributed by atoms with Gasteiger partial charge in [0.15, 0.2) is 11.5 Å². The van der Waals surface area contributed by atoms with Crippen molar-refractivity contribution in [3.8, 4) is 11.5 Å². The third-order valence-electron chi connectivity index (χ3n) is 2.35. The Morgan fingerprint density at radius 2 is 2.10 bits per heavy atom.